The lowest BCUT2D eigenvalue weighted by atomic mass is 10.3. The molecule has 1 heterocycles. The molecule has 1 aromatic heterocycles. The van der Waals surface area contributed by atoms with Crippen LogP contribution in [0.2, 0.25) is 0 Å². The summed E-state index contributed by atoms with van der Waals surface area (Å²) in [5, 5.41) is 9.22. The zero-order valence-corrected chi connectivity index (χ0v) is 11.2. The number of aromatic nitrogens is 3. The number of methoxy groups -OCH3 is 3. The zero-order chi connectivity index (χ0) is 15.1. The van der Waals surface area contributed by atoms with Gasteiger partial charge in [0.2, 0.25) is 0 Å². The number of ether oxygens (including phenoxy) is 3. The van der Waals surface area contributed by atoms with Crippen LogP contribution < -0.4 is 5.32 Å². The van der Waals surface area contributed by atoms with Crippen molar-refractivity contribution in [3.8, 4) is 0 Å². The van der Waals surface area contributed by atoms with E-state index in [2.05, 4.69) is 19.8 Å². The average Bonchev–Trinajstić information content (AvgIpc) is 2.81. The number of amides is 2. The third kappa shape index (κ3) is 3.75. The molecule has 0 aliphatic carbocycles. The predicted molar refractivity (Wildman–Crippen MR) is 62.6 cm³/mol. The molecule has 0 fully saturated rings. The van der Waals surface area contributed by atoms with Crippen molar-refractivity contribution in [2.45, 2.75) is 13.2 Å². The SMILES string of the molecule is COCc1c(C(=O)OC)nnn1CC(=O)NC(=O)OC. The van der Waals surface area contributed by atoms with Crippen LogP contribution in [0.4, 0.5) is 4.79 Å². The highest BCUT2D eigenvalue weighted by Crippen LogP contribution is 2.08. The summed E-state index contributed by atoms with van der Waals surface area (Å²) < 4.78 is 14.9. The first kappa shape index (κ1) is 15.6. The molecular formula is C10H14N4O6. The van der Waals surface area contributed by atoms with Crippen molar-refractivity contribution in [1.82, 2.24) is 20.3 Å². The number of rotatable bonds is 5. The number of nitrogens with one attached hydrogen (secondary N) is 1. The van der Waals surface area contributed by atoms with Crippen LogP contribution in [-0.2, 0) is 32.2 Å². The summed E-state index contributed by atoms with van der Waals surface area (Å²) in [7, 11) is 3.73. The minimum absolute atomic E-state index is 0.00291. The van der Waals surface area contributed by atoms with E-state index in [-0.39, 0.29) is 24.5 Å². The molecule has 0 aromatic carbocycles. The Bertz CT molecular complexity index is 512. The Hall–Kier alpha value is -2.49. The second kappa shape index (κ2) is 7.19. The van der Waals surface area contributed by atoms with Crippen molar-refractivity contribution in [1.29, 1.82) is 0 Å². The highest BCUT2D eigenvalue weighted by atomic mass is 16.5. The molecule has 0 saturated heterocycles. The van der Waals surface area contributed by atoms with Crippen molar-refractivity contribution in [3.05, 3.63) is 11.4 Å². The molecule has 0 spiro atoms. The molecule has 0 saturated carbocycles. The molecule has 0 aliphatic rings. The van der Waals surface area contributed by atoms with Gasteiger partial charge in [0.15, 0.2) is 5.69 Å². The lowest BCUT2D eigenvalue weighted by Gasteiger charge is -2.06. The molecule has 10 heteroatoms. The van der Waals surface area contributed by atoms with Gasteiger partial charge in [0.25, 0.3) is 5.91 Å². The molecule has 1 aromatic rings. The molecule has 0 unspecified atom stereocenters. The molecule has 2 amide bonds. The van der Waals surface area contributed by atoms with Gasteiger partial charge in [0, 0.05) is 7.11 Å². The van der Waals surface area contributed by atoms with Crippen molar-refractivity contribution in [2.24, 2.45) is 0 Å². The van der Waals surface area contributed by atoms with Crippen molar-refractivity contribution in [2.75, 3.05) is 21.3 Å². The van der Waals surface area contributed by atoms with Crippen LogP contribution in [0, 0.1) is 0 Å². The number of imide groups is 1. The van der Waals surface area contributed by atoms with Gasteiger partial charge < -0.3 is 14.2 Å². The minimum atomic E-state index is -0.892. The summed E-state index contributed by atoms with van der Waals surface area (Å²) >= 11 is 0. The molecule has 0 radical (unpaired) electrons. The Labute approximate surface area is 114 Å². The topological polar surface area (TPSA) is 122 Å². The third-order valence-corrected chi connectivity index (χ3v) is 2.22. The largest absolute Gasteiger partial charge is 0.464 e. The molecule has 10 nitrogen and oxygen atoms in total. The van der Waals surface area contributed by atoms with E-state index >= 15 is 0 Å². The average molecular weight is 286 g/mol. The van der Waals surface area contributed by atoms with Crippen LogP contribution in [0.1, 0.15) is 16.2 Å². The van der Waals surface area contributed by atoms with Crippen LogP contribution in [0.5, 0.6) is 0 Å². The molecule has 110 valence electrons. The van der Waals surface area contributed by atoms with E-state index in [1.54, 1.807) is 0 Å². The van der Waals surface area contributed by atoms with Gasteiger partial charge in [-0.2, -0.15) is 0 Å². The number of carbonyl (C=O) groups excluding carboxylic acids is 3. The fourth-order valence-electron chi connectivity index (χ4n) is 1.34. The van der Waals surface area contributed by atoms with E-state index < -0.39 is 18.0 Å². The standard InChI is InChI=1S/C10H14N4O6/c1-18-5-6-8(9(16)19-2)12-13-14(6)4-7(15)11-10(17)20-3/h4-5H2,1-3H3,(H,11,15,17). The second-order valence-corrected chi connectivity index (χ2v) is 3.51. The Balaban J connectivity index is 2.89. The van der Waals surface area contributed by atoms with Gasteiger partial charge >= 0.3 is 12.1 Å². The van der Waals surface area contributed by atoms with E-state index in [4.69, 9.17) is 4.74 Å². The summed E-state index contributed by atoms with van der Waals surface area (Å²) in [6.45, 7) is -0.319. The minimum Gasteiger partial charge on any atom is -0.464 e. The predicted octanol–water partition coefficient (Wildman–Crippen LogP) is -0.906. The molecule has 1 rings (SSSR count). The number of hydrogen-bond donors (Lipinski definition) is 1. The van der Waals surface area contributed by atoms with Gasteiger partial charge in [0.1, 0.15) is 6.54 Å². The Morgan fingerprint density at radius 3 is 2.45 bits per heavy atom. The van der Waals surface area contributed by atoms with Gasteiger partial charge in [-0.15, -0.1) is 5.10 Å². The zero-order valence-electron chi connectivity index (χ0n) is 11.2. The highest BCUT2D eigenvalue weighted by molar-refractivity contribution is 5.92. The van der Waals surface area contributed by atoms with Crippen LogP contribution in [0.3, 0.4) is 0 Å². The summed E-state index contributed by atoms with van der Waals surface area (Å²) in [5.74, 6) is -1.37. The maximum atomic E-state index is 11.5. The van der Waals surface area contributed by atoms with Crippen LogP contribution in [0.15, 0.2) is 0 Å². The van der Waals surface area contributed by atoms with E-state index in [0.29, 0.717) is 0 Å². The number of nitrogens with zero attached hydrogens (tertiary/aromatic N) is 3. The first-order valence-corrected chi connectivity index (χ1v) is 5.40. The van der Waals surface area contributed by atoms with Gasteiger partial charge in [0.05, 0.1) is 26.5 Å². The highest BCUT2D eigenvalue weighted by Gasteiger charge is 2.21. The Morgan fingerprint density at radius 2 is 1.90 bits per heavy atom. The fraction of sp³-hybridized carbons (Fsp3) is 0.500. The van der Waals surface area contributed by atoms with Crippen LogP contribution >= 0.6 is 0 Å². The monoisotopic (exact) mass is 286 g/mol. The Morgan fingerprint density at radius 1 is 1.20 bits per heavy atom. The first-order valence-electron chi connectivity index (χ1n) is 5.40. The normalized spacial score (nSPS) is 9.95. The molecule has 20 heavy (non-hydrogen) atoms. The smallest absolute Gasteiger partial charge is 0.413 e. The fourth-order valence-corrected chi connectivity index (χ4v) is 1.34. The van der Waals surface area contributed by atoms with Crippen molar-refractivity contribution >= 4 is 18.0 Å². The summed E-state index contributed by atoms with van der Waals surface area (Å²) in [6.07, 6.45) is -0.892. The van der Waals surface area contributed by atoms with Crippen molar-refractivity contribution < 1.29 is 28.6 Å². The van der Waals surface area contributed by atoms with E-state index in [9.17, 15) is 14.4 Å². The molecule has 0 bridgehead atoms. The van der Waals surface area contributed by atoms with Crippen LogP contribution in [-0.4, -0.2) is 54.3 Å². The maximum absolute atomic E-state index is 11.5. The molecule has 0 aliphatic heterocycles. The number of esters is 1. The number of hydrogen-bond acceptors (Lipinski definition) is 8. The third-order valence-electron chi connectivity index (χ3n) is 2.22. The molecule has 1 N–H and O–H groups in total. The maximum Gasteiger partial charge on any atom is 0.413 e. The quantitative estimate of drug-likeness (QED) is 0.690. The first-order chi connectivity index (χ1) is 9.53. The van der Waals surface area contributed by atoms with Gasteiger partial charge in [-0.25, -0.2) is 14.3 Å². The van der Waals surface area contributed by atoms with E-state index in [1.807, 2.05) is 5.32 Å². The van der Waals surface area contributed by atoms with Gasteiger partial charge in [-0.1, -0.05) is 5.21 Å². The molecular weight excluding hydrogens is 272 g/mol. The second-order valence-electron chi connectivity index (χ2n) is 3.51. The van der Waals surface area contributed by atoms with E-state index in [1.165, 1.54) is 14.2 Å². The summed E-state index contributed by atoms with van der Waals surface area (Å²) in [5.41, 5.74) is 0.208. The Kier molecular flexibility index (Phi) is 5.59. The number of carbonyl (C=O) groups is 3. The van der Waals surface area contributed by atoms with Gasteiger partial charge in [-0.05, 0) is 0 Å². The number of alkyl carbamates (subject to hydrolysis) is 1. The summed E-state index contributed by atoms with van der Waals surface area (Å²) in [6, 6.07) is 0. The van der Waals surface area contributed by atoms with Gasteiger partial charge in [-0.3, -0.25) is 10.1 Å². The molecule has 0 atom stereocenters. The van der Waals surface area contributed by atoms with Crippen LogP contribution in [0.25, 0.3) is 0 Å². The summed E-state index contributed by atoms with van der Waals surface area (Å²) in [4.78, 5) is 33.9. The lowest BCUT2D eigenvalue weighted by Crippen LogP contribution is -2.33. The lowest BCUT2D eigenvalue weighted by molar-refractivity contribution is -0.121. The van der Waals surface area contributed by atoms with E-state index in [0.717, 1.165) is 11.8 Å². The van der Waals surface area contributed by atoms with Crippen molar-refractivity contribution in [3.63, 3.8) is 0 Å².